The van der Waals surface area contributed by atoms with E-state index in [1.165, 1.54) is 0 Å². The lowest BCUT2D eigenvalue weighted by atomic mass is 10.1. The van der Waals surface area contributed by atoms with Crippen LogP contribution in [-0.4, -0.2) is 50.4 Å². The summed E-state index contributed by atoms with van der Waals surface area (Å²) in [5.74, 6) is -0.0654. The molecule has 1 fully saturated rings. The zero-order valence-corrected chi connectivity index (χ0v) is 13.3. The Hall–Kier alpha value is -1.40. The average molecular weight is 311 g/mol. The van der Waals surface area contributed by atoms with Crippen LogP contribution in [0.15, 0.2) is 18.2 Å². The fourth-order valence-electron chi connectivity index (χ4n) is 2.25. The minimum Gasteiger partial charge on any atom is -0.460 e. The van der Waals surface area contributed by atoms with Crippen LogP contribution < -0.4 is 0 Å². The highest BCUT2D eigenvalue weighted by Gasteiger charge is 2.23. The maximum Gasteiger partial charge on any atom is 0.320 e. The molecule has 0 unspecified atom stereocenters. The zero-order chi connectivity index (χ0) is 15.5. The molecule has 6 heteroatoms. The Kier molecular flexibility index (Phi) is 5.00. The van der Waals surface area contributed by atoms with Crippen molar-refractivity contribution >= 4 is 15.8 Å². The lowest BCUT2D eigenvalue weighted by Crippen LogP contribution is -2.43. The third-order valence-corrected chi connectivity index (χ3v) is 5.29. The van der Waals surface area contributed by atoms with Gasteiger partial charge in [-0.3, -0.25) is 9.69 Å². The van der Waals surface area contributed by atoms with Crippen LogP contribution in [0.25, 0.3) is 0 Å². The Bertz CT molecular complexity index is 611. The number of hydrogen-bond acceptors (Lipinski definition) is 5. The van der Waals surface area contributed by atoms with Crippen molar-refractivity contribution in [3.8, 4) is 0 Å². The molecule has 1 saturated heterocycles. The Balaban J connectivity index is 1.81. The topological polar surface area (TPSA) is 63.7 Å². The van der Waals surface area contributed by atoms with Gasteiger partial charge in [0.1, 0.15) is 6.61 Å². The zero-order valence-electron chi connectivity index (χ0n) is 12.5. The van der Waals surface area contributed by atoms with E-state index in [0.29, 0.717) is 13.1 Å². The predicted octanol–water partition coefficient (Wildman–Crippen LogP) is 1.08. The highest BCUT2D eigenvalue weighted by Crippen LogP contribution is 2.12. The van der Waals surface area contributed by atoms with Gasteiger partial charge in [-0.05, 0) is 25.0 Å². The molecule has 0 atom stereocenters. The van der Waals surface area contributed by atoms with Crippen LogP contribution in [0.2, 0.25) is 0 Å². The van der Waals surface area contributed by atoms with E-state index in [1.54, 1.807) is 0 Å². The molecule has 1 aliphatic heterocycles. The van der Waals surface area contributed by atoms with Gasteiger partial charge in [0, 0.05) is 13.1 Å². The van der Waals surface area contributed by atoms with E-state index in [2.05, 4.69) is 0 Å². The monoisotopic (exact) mass is 311 g/mol. The van der Waals surface area contributed by atoms with E-state index in [1.807, 2.05) is 36.9 Å². The highest BCUT2D eigenvalue weighted by molar-refractivity contribution is 7.91. The normalized spacial score (nSPS) is 18.4. The molecule has 1 aromatic carbocycles. The van der Waals surface area contributed by atoms with Crippen molar-refractivity contribution in [2.24, 2.45) is 0 Å². The van der Waals surface area contributed by atoms with E-state index in [0.717, 1.165) is 16.7 Å². The van der Waals surface area contributed by atoms with Gasteiger partial charge >= 0.3 is 5.97 Å². The molecule has 0 aromatic heterocycles. The molecular formula is C15H21NO4S. The SMILES string of the molecule is Cc1ccc(C)c(COC(=O)CN2CCS(=O)(=O)CC2)c1. The summed E-state index contributed by atoms with van der Waals surface area (Å²) in [4.78, 5) is 13.7. The Morgan fingerprint density at radius 2 is 1.90 bits per heavy atom. The number of hydrogen-bond donors (Lipinski definition) is 0. The summed E-state index contributed by atoms with van der Waals surface area (Å²) in [6.45, 7) is 5.21. The largest absolute Gasteiger partial charge is 0.460 e. The van der Waals surface area contributed by atoms with Crippen molar-refractivity contribution in [3.63, 3.8) is 0 Å². The number of esters is 1. The van der Waals surface area contributed by atoms with Crippen LogP contribution in [0.4, 0.5) is 0 Å². The molecule has 0 N–H and O–H groups in total. The van der Waals surface area contributed by atoms with Gasteiger partial charge in [0.25, 0.3) is 0 Å². The van der Waals surface area contributed by atoms with Crippen LogP contribution in [0.1, 0.15) is 16.7 Å². The van der Waals surface area contributed by atoms with Crippen molar-refractivity contribution in [2.45, 2.75) is 20.5 Å². The average Bonchev–Trinajstić information content (AvgIpc) is 2.42. The van der Waals surface area contributed by atoms with Gasteiger partial charge in [-0.2, -0.15) is 0 Å². The first-order valence-electron chi connectivity index (χ1n) is 7.00. The van der Waals surface area contributed by atoms with Crippen molar-refractivity contribution < 1.29 is 17.9 Å². The van der Waals surface area contributed by atoms with Gasteiger partial charge in [-0.25, -0.2) is 8.42 Å². The third kappa shape index (κ3) is 4.82. The number of carbonyl (C=O) groups is 1. The number of sulfone groups is 1. The second-order valence-electron chi connectivity index (χ2n) is 5.52. The molecule has 0 saturated carbocycles. The Morgan fingerprint density at radius 3 is 2.57 bits per heavy atom. The van der Waals surface area contributed by atoms with Crippen LogP contribution in [0.5, 0.6) is 0 Å². The standard InChI is InChI=1S/C15H21NO4S/c1-12-3-4-13(2)14(9-12)11-20-15(17)10-16-5-7-21(18,19)8-6-16/h3-4,9H,5-8,10-11H2,1-2H3. The van der Waals surface area contributed by atoms with E-state index < -0.39 is 9.84 Å². The summed E-state index contributed by atoms with van der Waals surface area (Å²) < 4.78 is 27.9. The number of carbonyl (C=O) groups excluding carboxylic acids is 1. The van der Waals surface area contributed by atoms with E-state index >= 15 is 0 Å². The molecule has 0 aliphatic carbocycles. The van der Waals surface area contributed by atoms with Crippen molar-refractivity contribution in [1.82, 2.24) is 4.90 Å². The first-order chi connectivity index (χ1) is 9.85. The van der Waals surface area contributed by atoms with Crippen molar-refractivity contribution in [1.29, 1.82) is 0 Å². The van der Waals surface area contributed by atoms with E-state index in [9.17, 15) is 13.2 Å². The second kappa shape index (κ2) is 6.58. The summed E-state index contributed by atoms with van der Waals surface area (Å²) in [7, 11) is -2.91. The van der Waals surface area contributed by atoms with Crippen LogP contribution in [-0.2, 0) is 26.0 Å². The summed E-state index contributed by atoms with van der Waals surface area (Å²) in [6.07, 6.45) is 0. The molecule has 2 rings (SSSR count). The maximum atomic E-state index is 11.8. The van der Waals surface area contributed by atoms with Gasteiger partial charge in [0.05, 0.1) is 18.1 Å². The number of ether oxygens (including phenoxy) is 1. The smallest absolute Gasteiger partial charge is 0.320 e. The molecule has 1 aromatic rings. The lowest BCUT2D eigenvalue weighted by molar-refractivity contribution is -0.146. The van der Waals surface area contributed by atoms with Gasteiger partial charge < -0.3 is 4.74 Å². The van der Waals surface area contributed by atoms with Gasteiger partial charge in [0.15, 0.2) is 9.84 Å². The minimum atomic E-state index is -2.91. The fraction of sp³-hybridized carbons (Fsp3) is 0.533. The van der Waals surface area contributed by atoms with Gasteiger partial charge in [0.2, 0.25) is 0 Å². The van der Waals surface area contributed by atoms with Crippen LogP contribution in [0.3, 0.4) is 0 Å². The van der Waals surface area contributed by atoms with Crippen LogP contribution >= 0.6 is 0 Å². The maximum absolute atomic E-state index is 11.8. The van der Waals surface area contributed by atoms with Crippen LogP contribution in [0, 0.1) is 13.8 Å². The molecular weight excluding hydrogens is 290 g/mol. The molecule has 0 bridgehead atoms. The molecule has 0 spiro atoms. The lowest BCUT2D eigenvalue weighted by Gasteiger charge is -2.25. The Morgan fingerprint density at radius 1 is 1.24 bits per heavy atom. The molecule has 0 radical (unpaired) electrons. The van der Waals surface area contributed by atoms with E-state index in [-0.39, 0.29) is 30.6 Å². The summed E-state index contributed by atoms with van der Waals surface area (Å²) in [6, 6.07) is 6.04. The van der Waals surface area contributed by atoms with Gasteiger partial charge in [-0.15, -0.1) is 0 Å². The van der Waals surface area contributed by atoms with Gasteiger partial charge in [-0.1, -0.05) is 23.8 Å². The second-order valence-corrected chi connectivity index (χ2v) is 7.82. The summed E-state index contributed by atoms with van der Waals surface area (Å²) in [5, 5.41) is 0. The number of aryl methyl sites for hydroxylation is 2. The molecule has 116 valence electrons. The minimum absolute atomic E-state index is 0.122. The number of rotatable bonds is 4. The first-order valence-corrected chi connectivity index (χ1v) is 8.82. The number of nitrogens with zero attached hydrogens (tertiary/aromatic N) is 1. The summed E-state index contributed by atoms with van der Waals surface area (Å²) >= 11 is 0. The third-order valence-electron chi connectivity index (χ3n) is 3.68. The summed E-state index contributed by atoms with van der Waals surface area (Å²) in [5.41, 5.74) is 3.23. The fourth-order valence-corrected chi connectivity index (χ4v) is 3.53. The quantitative estimate of drug-likeness (QED) is 0.779. The molecule has 1 aliphatic rings. The molecule has 21 heavy (non-hydrogen) atoms. The molecule has 1 heterocycles. The Labute approximate surface area is 125 Å². The first kappa shape index (κ1) is 16.0. The van der Waals surface area contributed by atoms with Crippen molar-refractivity contribution in [3.05, 3.63) is 34.9 Å². The number of benzene rings is 1. The highest BCUT2D eigenvalue weighted by atomic mass is 32.2. The van der Waals surface area contributed by atoms with Crippen molar-refractivity contribution in [2.75, 3.05) is 31.1 Å². The molecule has 5 nitrogen and oxygen atoms in total. The van der Waals surface area contributed by atoms with E-state index in [4.69, 9.17) is 4.74 Å². The molecule has 0 amide bonds. The predicted molar refractivity (Wildman–Crippen MR) is 80.8 cm³/mol.